The summed E-state index contributed by atoms with van der Waals surface area (Å²) in [5.41, 5.74) is 5.48. The number of halogens is 1. The SMILES string of the molecule is Cc1cc(C(=O)N2Cc3cccn3Cc3ccccc32)ccc1CNC(=O)N1CC(=O)Nc2cccc(F)c21. The highest BCUT2D eigenvalue weighted by atomic mass is 19.1. The Bertz CT molecular complexity index is 1630. The molecule has 9 heteroatoms. The number of fused-ring (bicyclic) bond motifs is 3. The Morgan fingerprint density at radius 3 is 2.64 bits per heavy atom. The van der Waals surface area contributed by atoms with Crippen LogP contribution in [0.15, 0.2) is 79.0 Å². The number of carbonyl (C=O) groups excluding carboxylic acids is 3. The molecule has 0 fully saturated rings. The van der Waals surface area contributed by atoms with Crippen molar-refractivity contribution in [2.75, 3.05) is 21.7 Å². The third-order valence-electron chi connectivity index (χ3n) is 7.21. The Balaban J connectivity index is 1.20. The summed E-state index contributed by atoms with van der Waals surface area (Å²) in [6, 6.07) is 21.0. The first-order valence-electron chi connectivity index (χ1n) is 12.7. The fraction of sp³-hybridized carbons (Fsp3) is 0.167. The van der Waals surface area contributed by atoms with Crippen molar-refractivity contribution in [2.45, 2.75) is 26.6 Å². The van der Waals surface area contributed by atoms with Gasteiger partial charge in [0.2, 0.25) is 5.91 Å². The molecule has 0 saturated heterocycles. The molecule has 3 heterocycles. The van der Waals surface area contributed by atoms with E-state index in [-0.39, 0.29) is 30.4 Å². The number of benzene rings is 3. The first-order valence-corrected chi connectivity index (χ1v) is 12.7. The molecule has 39 heavy (non-hydrogen) atoms. The molecular formula is C30H26FN5O3. The quantitative estimate of drug-likeness (QED) is 0.404. The van der Waals surface area contributed by atoms with E-state index in [9.17, 15) is 18.8 Å². The Morgan fingerprint density at radius 2 is 1.79 bits per heavy atom. The van der Waals surface area contributed by atoms with Gasteiger partial charge in [-0.25, -0.2) is 9.18 Å². The van der Waals surface area contributed by atoms with Gasteiger partial charge in [-0.2, -0.15) is 0 Å². The zero-order chi connectivity index (χ0) is 27.1. The van der Waals surface area contributed by atoms with E-state index >= 15 is 0 Å². The van der Waals surface area contributed by atoms with E-state index in [1.165, 1.54) is 12.1 Å². The van der Waals surface area contributed by atoms with Crippen LogP contribution in [0.25, 0.3) is 0 Å². The van der Waals surface area contributed by atoms with Gasteiger partial charge in [-0.3, -0.25) is 14.5 Å². The number of aromatic nitrogens is 1. The van der Waals surface area contributed by atoms with Crippen molar-refractivity contribution in [3.63, 3.8) is 0 Å². The summed E-state index contributed by atoms with van der Waals surface area (Å²) in [7, 11) is 0. The summed E-state index contributed by atoms with van der Waals surface area (Å²) in [5, 5.41) is 5.37. The average Bonchev–Trinajstić information content (AvgIpc) is 3.30. The number of hydrogen-bond acceptors (Lipinski definition) is 3. The van der Waals surface area contributed by atoms with E-state index in [0.29, 0.717) is 18.7 Å². The topological polar surface area (TPSA) is 86.7 Å². The number of anilines is 3. The second kappa shape index (κ2) is 9.75. The normalized spacial score (nSPS) is 14.1. The minimum atomic E-state index is -0.593. The highest BCUT2D eigenvalue weighted by Gasteiger charge is 2.30. The lowest BCUT2D eigenvalue weighted by molar-refractivity contribution is -0.115. The van der Waals surface area contributed by atoms with Crippen molar-refractivity contribution in [1.82, 2.24) is 9.88 Å². The molecule has 6 rings (SSSR count). The molecule has 4 aromatic rings. The maximum atomic E-state index is 14.5. The standard InChI is InChI=1S/C30H26FN5O3/c1-19-14-20(29(38)35-17-23-7-5-13-34(23)16-22-6-2-3-10-26(22)35)11-12-21(19)15-32-30(39)36-18-27(37)33-25-9-4-8-24(31)28(25)36/h2-14H,15-18H2,1H3,(H,32,39)(H,33,37). The van der Waals surface area contributed by atoms with Crippen molar-refractivity contribution in [2.24, 2.45) is 0 Å². The lowest BCUT2D eigenvalue weighted by atomic mass is 10.0. The molecule has 2 aliphatic rings. The zero-order valence-electron chi connectivity index (χ0n) is 21.3. The number of urea groups is 1. The van der Waals surface area contributed by atoms with Gasteiger partial charge in [0, 0.05) is 36.2 Å². The lowest BCUT2D eigenvalue weighted by Crippen LogP contribution is -2.47. The van der Waals surface area contributed by atoms with Crippen LogP contribution in [-0.4, -0.2) is 29.0 Å². The molecule has 0 aliphatic carbocycles. The van der Waals surface area contributed by atoms with Gasteiger partial charge in [0.25, 0.3) is 5.91 Å². The van der Waals surface area contributed by atoms with Gasteiger partial charge in [0.1, 0.15) is 18.0 Å². The molecule has 0 bridgehead atoms. The average molecular weight is 524 g/mol. The second-order valence-corrected chi connectivity index (χ2v) is 9.72. The van der Waals surface area contributed by atoms with E-state index in [2.05, 4.69) is 15.2 Å². The Morgan fingerprint density at radius 1 is 0.949 bits per heavy atom. The fourth-order valence-corrected chi connectivity index (χ4v) is 5.19. The van der Waals surface area contributed by atoms with Crippen LogP contribution in [0.5, 0.6) is 0 Å². The Labute approximate surface area is 224 Å². The molecule has 3 aromatic carbocycles. The van der Waals surface area contributed by atoms with Gasteiger partial charge < -0.3 is 20.1 Å². The lowest BCUT2D eigenvalue weighted by Gasteiger charge is -2.29. The largest absolute Gasteiger partial charge is 0.345 e. The summed E-state index contributed by atoms with van der Waals surface area (Å²) < 4.78 is 16.6. The third-order valence-corrected chi connectivity index (χ3v) is 7.21. The van der Waals surface area contributed by atoms with Crippen LogP contribution in [0.4, 0.5) is 26.2 Å². The highest BCUT2D eigenvalue weighted by Crippen LogP contribution is 2.32. The summed E-state index contributed by atoms with van der Waals surface area (Å²) in [4.78, 5) is 41.7. The third kappa shape index (κ3) is 4.52. The molecule has 0 radical (unpaired) electrons. The maximum Gasteiger partial charge on any atom is 0.322 e. The number of hydrogen-bond donors (Lipinski definition) is 2. The summed E-state index contributed by atoms with van der Waals surface area (Å²) >= 11 is 0. The molecule has 2 N–H and O–H groups in total. The second-order valence-electron chi connectivity index (χ2n) is 9.72. The van der Waals surface area contributed by atoms with Crippen molar-refractivity contribution in [1.29, 1.82) is 0 Å². The van der Waals surface area contributed by atoms with Crippen LogP contribution in [0.3, 0.4) is 0 Å². The fourth-order valence-electron chi connectivity index (χ4n) is 5.19. The molecule has 0 saturated carbocycles. The number of aryl methyl sites for hydroxylation is 1. The molecule has 8 nitrogen and oxygen atoms in total. The van der Waals surface area contributed by atoms with Gasteiger partial charge in [-0.15, -0.1) is 0 Å². The molecule has 196 valence electrons. The summed E-state index contributed by atoms with van der Waals surface area (Å²) in [6.07, 6.45) is 2.02. The zero-order valence-corrected chi connectivity index (χ0v) is 21.3. The minimum absolute atomic E-state index is 0.0381. The van der Waals surface area contributed by atoms with E-state index in [4.69, 9.17) is 0 Å². The molecular weight excluding hydrogens is 497 g/mol. The van der Waals surface area contributed by atoms with E-state index in [1.54, 1.807) is 17.0 Å². The highest BCUT2D eigenvalue weighted by molar-refractivity contribution is 6.09. The molecule has 4 amide bonds. The predicted octanol–water partition coefficient (Wildman–Crippen LogP) is 4.81. The number of amides is 4. The number of nitrogens with one attached hydrogen (secondary N) is 2. The van der Waals surface area contributed by atoms with Crippen LogP contribution in [0.1, 0.15) is 32.7 Å². The molecule has 0 unspecified atom stereocenters. The van der Waals surface area contributed by atoms with Gasteiger partial charge >= 0.3 is 6.03 Å². The van der Waals surface area contributed by atoms with Crippen LogP contribution in [0.2, 0.25) is 0 Å². The monoisotopic (exact) mass is 523 g/mol. The first kappa shape index (κ1) is 24.4. The number of para-hydroxylation sites is 2. The van der Waals surface area contributed by atoms with Crippen LogP contribution in [-0.2, 0) is 24.4 Å². The molecule has 0 atom stereocenters. The predicted molar refractivity (Wildman–Crippen MR) is 146 cm³/mol. The van der Waals surface area contributed by atoms with E-state index in [1.807, 2.05) is 61.7 Å². The van der Waals surface area contributed by atoms with Crippen LogP contribution in [0, 0.1) is 12.7 Å². The summed E-state index contributed by atoms with van der Waals surface area (Å²) in [6.45, 7) is 2.91. The molecule has 2 aliphatic heterocycles. The molecule has 0 spiro atoms. The first-order chi connectivity index (χ1) is 18.9. The Kier molecular flexibility index (Phi) is 6.11. The van der Waals surface area contributed by atoms with Crippen molar-refractivity contribution < 1.29 is 18.8 Å². The van der Waals surface area contributed by atoms with Crippen LogP contribution >= 0.6 is 0 Å². The number of rotatable bonds is 3. The van der Waals surface area contributed by atoms with Gasteiger partial charge in [-0.1, -0.05) is 30.3 Å². The van der Waals surface area contributed by atoms with Gasteiger partial charge in [0.05, 0.1) is 12.2 Å². The number of carbonyl (C=O) groups is 3. The maximum absolute atomic E-state index is 14.5. The van der Waals surface area contributed by atoms with E-state index in [0.717, 1.165) is 33.0 Å². The minimum Gasteiger partial charge on any atom is -0.345 e. The van der Waals surface area contributed by atoms with E-state index < -0.39 is 17.8 Å². The Hall–Kier alpha value is -4.92. The number of nitrogens with zero attached hydrogens (tertiary/aromatic N) is 3. The smallest absolute Gasteiger partial charge is 0.322 e. The summed E-state index contributed by atoms with van der Waals surface area (Å²) in [5.74, 6) is -1.10. The van der Waals surface area contributed by atoms with Gasteiger partial charge in [-0.05, 0) is 66.1 Å². The van der Waals surface area contributed by atoms with Crippen molar-refractivity contribution in [3.8, 4) is 0 Å². The van der Waals surface area contributed by atoms with Crippen LogP contribution < -0.4 is 20.4 Å². The van der Waals surface area contributed by atoms with Crippen molar-refractivity contribution in [3.05, 3.63) is 113 Å². The van der Waals surface area contributed by atoms with Gasteiger partial charge in [0.15, 0.2) is 0 Å². The van der Waals surface area contributed by atoms with Crippen molar-refractivity contribution >= 4 is 34.9 Å². The molecule has 1 aromatic heterocycles.